The van der Waals surface area contributed by atoms with Crippen molar-refractivity contribution in [1.29, 1.82) is 0 Å². The van der Waals surface area contributed by atoms with Crippen molar-refractivity contribution in [3.8, 4) is 5.75 Å². The zero-order chi connectivity index (χ0) is 36.3. The molecule has 1 saturated heterocycles. The fraction of sp³-hybridized carbons (Fsp3) is 0.577. The SMILES string of the molecule is CC(=O)OC1O[C@@H](Oc2ccc(/C(=N/N(C)C)C(F)(F)C(F)(F)C(F)(F)C(F)(F)F)cc2)C(OC(C)=O)C(OC(C)=O)C1OC(C)=O. The molecule has 0 aromatic heterocycles. The van der Waals surface area contributed by atoms with Crippen LogP contribution in [0.3, 0.4) is 0 Å². The molecule has 0 spiro atoms. The zero-order valence-electron chi connectivity index (χ0n) is 25.1. The van der Waals surface area contributed by atoms with Gasteiger partial charge >= 0.3 is 47.8 Å². The van der Waals surface area contributed by atoms with Crippen molar-refractivity contribution in [2.45, 2.75) is 82.5 Å². The van der Waals surface area contributed by atoms with Crippen LogP contribution in [0.2, 0.25) is 0 Å². The number of ether oxygens (including phenoxy) is 6. The second-order valence-electron chi connectivity index (χ2n) is 9.86. The predicted molar refractivity (Wildman–Crippen MR) is 135 cm³/mol. The normalized spacial score (nSPS) is 22.5. The van der Waals surface area contributed by atoms with Crippen LogP contribution in [0.25, 0.3) is 0 Å². The van der Waals surface area contributed by atoms with E-state index < -0.39 is 95.7 Å². The lowest BCUT2D eigenvalue weighted by Crippen LogP contribution is -2.63. The van der Waals surface area contributed by atoms with Crippen LogP contribution in [0.4, 0.5) is 39.5 Å². The van der Waals surface area contributed by atoms with E-state index in [-0.39, 0.29) is 0 Å². The van der Waals surface area contributed by atoms with Crippen molar-refractivity contribution in [2.75, 3.05) is 14.1 Å². The number of esters is 4. The van der Waals surface area contributed by atoms with Gasteiger partial charge in [0.25, 0.3) is 0 Å². The number of hydrazone groups is 1. The van der Waals surface area contributed by atoms with E-state index in [1.807, 2.05) is 0 Å². The minimum atomic E-state index is -7.19. The Kier molecular flexibility index (Phi) is 11.8. The van der Waals surface area contributed by atoms with Crippen LogP contribution >= 0.6 is 0 Å². The first kappa shape index (κ1) is 38.9. The van der Waals surface area contributed by atoms with Gasteiger partial charge in [0.1, 0.15) is 11.5 Å². The molecule has 1 aliphatic rings. The number of hydrogen-bond donors (Lipinski definition) is 0. The van der Waals surface area contributed by atoms with Gasteiger partial charge < -0.3 is 28.7 Å². The highest BCUT2D eigenvalue weighted by Crippen LogP contribution is 2.54. The number of nitrogens with zero attached hydrogens (tertiary/aromatic N) is 2. The summed E-state index contributed by atoms with van der Waals surface area (Å²) in [5, 5.41) is 3.48. The molecule has 2 rings (SSSR count). The summed E-state index contributed by atoms with van der Waals surface area (Å²) in [6, 6.07) is 2.52. The van der Waals surface area contributed by atoms with E-state index in [2.05, 4.69) is 5.10 Å². The minimum Gasteiger partial charge on any atom is -0.461 e. The van der Waals surface area contributed by atoms with E-state index >= 15 is 0 Å². The Morgan fingerprint density at radius 1 is 0.660 bits per heavy atom. The molecule has 0 radical (unpaired) electrons. The summed E-state index contributed by atoms with van der Waals surface area (Å²) in [6.45, 7) is 3.66. The smallest absolute Gasteiger partial charge is 0.460 e. The summed E-state index contributed by atoms with van der Waals surface area (Å²) in [5.41, 5.74) is -3.26. The van der Waals surface area contributed by atoms with Gasteiger partial charge in [0, 0.05) is 47.4 Å². The summed E-state index contributed by atoms with van der Waals surface area (Å²) >= 11 is 0. The molecule has 1 aromatic rings. The Hall–Kier alpha value is -4.30. The Morgan fingerprint density at radius 3 is 1.49 bits per heavy atom. The number of alkyl halides is 9. The largest absolute Gasteiger partial charge is 0.461 e. The maximum absolute atomic E-state index is 14.9. The molecule has 1 aromatic carbocycles. The Balaban J connectivity index is 2.59. The highest BCUT2D eigenvalue weighted by atomic mass is 19.4. The lowest BCUT2D eigenvalue weighted by molar-refractivity contribution is -0.384. The van der Waals surface area contributed by atoms with E-state index in [0.29, 0.717) is 17.1 Å². The molecule has 12 nitrogen and oxygen atoms in total. The van der Waals surface area contributed by atoms with Gasteiger partial charge in [-0.25, -0.2) is 0 Å². The van der Waals surface area contributed by atoms with E-state index in [1.165, 1.54) is 0 Å². The van der Waals surface area contributed by atoms with E-state index in [9.17, 15) is 58.7 Å². The molecule has 47 heavy (non-hydrogen) atoms. The van der Waals surface area contributed by atoms with E-state index in [1.54, 1.807) is 0 Å². The number of carbonyl (C=O) groups excluding carboxylic acids is 4. The van der Waals surface area contributed by atoms with Crippen LogP contribution in [0.15, 0.2) is 29.4 Å². The second kappa shape index (κ2) is 14.2. The van der Waals surface area contributed by atoms with Gasteiger partial charge in [-0.1, -0.05) is 0 Å². The van der Waals surface area contributed by atoms with Gasteiger partial charge in [0.2, 0.25) is 24.8 Å². The molecule has 1 fully saturated rings. The third kappa shape index (κ3) is 8.74. The van der Waals surface area contributed by atoms with Gasteiger partial charge in [-0.2, -0.15) is 44.6 Å². The van der Waals surface area contributed by atoms with Crippen molar-refractivity contribution in [3.05, 3.63) is 29.8 Å². The Labute approximate surface area is 259 Å². The van der Waals surface area contributed by atoms with E-state index in [4.69, 9.17) is 28.4 Å². The molecule has 0 aliphatic carbocycles. The van der Waals surface area contributed by atoms with Crippen LogP contribution in [0.1, 0.15) is 33.3 Å². The molecular weight excluding hydrogens is 671 g/mol. The molecule has 5 atom stereocenters. The van der Waals surface area contributed by atoms with Crippen molar-refractivity contribution >= 4 is 29.6 Å². The molecule has 0 saturated carbocycles. The van der Waals surface area contributed by atoms with Crippen LogP contribution < -0.4 is 4.74 Å². The van der Waals surface area contributed by atoms with Crippen LogP contribution in [-0.2, 0) is 42.9 Å². The molecule has 1 aliphatic heterocycles. The first-order chi connectivity index (χ1) is 21.3. The third-order valence-electron chi connectivity index (χ3n) is 5.76. The minimum absolute atomic E-state index is 0.443. The number of benzene rings is 1. The number of halogens is 9. The highest BCUT2D eigenvalue weighted by molar-refractivity contribution is 6.06. The summed E-state index contributed by atoms with van der Waals surface area (Å²) in [6.07, 6.45) is -16.2. The second-order valence-corrected chi connectivity index (χ2v) is 9.86. The monoisotopic (exact) mass is 698 g/mol. The summed E-state index contributed by atoms with van der Waals surface area (Å²) in [4.78, 5) is 47.3. The Bertz CT molecular complexity index is 1350. The van der Waals surface area contributed by atoms with Crippen molar-refractivity contribution in [2.24, 2.45) is 5.10 Å². The molecular formula is C26H27F9N2O10. The Morgan fingerprint density at radius 2 is 1.09 bits per heavy atom. The lowest BCUT2D eigenvalue weighted by Gasteiger charge is -2.43. The number of carbonyl (C=O) groups is 4. The molecule has 4 unspecified atom stereocenters. The summed E-state index contributed by atoms with van der Waals surface area (Å²) < 4.78 is 155. The highest BCUT2D eigenvalue weighted by Gasteiger charge is 2.83. The fourth-order valence-corrected chi connectivity index (χ4v) is 3.94. The average molecular weight is 698 g/mol. The zero-order valence-corrected chi connectivity index (χ0v) is 25.1. The average Bonchev–Trinajstić information content (AvgIpc) is 2.89. The molecule has 0 bridgehead atoms. The maximum Gasteiger partial charge on any atom is 0.460 e. The number of rotatable bonds is 11. The van der Waals surface area contributed by atoms with Gasteiger partial charge in [0.15, 0.2) is 6.10 Å². The van der Waals surface area contributed by atoms with Gasteiger partial charge in [0.05, 0.1) is 0 Å². The topological polar surface area (TPSA) is 139 Å². The molecule has 264 valence electrons. The summed E-state index contributed by atoms with van der Waals surface area (Å²) in [5.74, 6) is -24.9. The fourth-order valence-electron chi connectivity index (χ4n) is 3.94. The van der Waals surface area contributed by atoms with Crippen molar-refractivity contribution < 1.29 is 87.1 Å². The van der Waals surface area contributed by atoms with Gasteiger partial charge in [-0.15, -0.1) is 0 Å². The van der Waals surface area contributed by atoms with Crippen LogP contribution in [0.5, 0.6) is 5.75 Å². The molecule has 0 amide bonds. The lowest BCUT2D eigenvalue weighted by atomic mass is 9.95. The first-order valence-electron chi connectivity index (χ1n) is 12.9. The van der Waals surface area contributed by atoms with Crippen LogP contribution in [0, 0.1) is 0 Å². The van der Waals surface area contributed by atoms with Crippen molar-refractivity contribution in [1.82, 2.24) is 5.01 Å². The van der Waals surface area contributed by atoms with Gasteiger partial charge in [-0.05, 0) is 24.3 Å². The maximum atomic E-state index is 14.9. The standard InChI is InChI=1S/C26H27F9N2O10/c1-11(38)42-17-18(43-12(2)39)21(45-14(4)41)47-22(19(17)44-13(3)40)46-16-9-7-15(8-10-16)20(36-37(5)6)23(27,28)24(29,30)25(31,32)26(33,34)35/h7-10,17-19,21-22H,1-6H3/b36-20-/t17?,18?,19?,21?,22-/m1/s1. The molecule has 0 N–H and O–H groups in total. The molecule has 21 heteroatoms. The van der Waals surface area contributed by atoms with E-state index in [0.717, 1.165) is 53.9 Å². The first-order valence-corrected chi connectivity index (χ1v) is 12.9. The van der Waals surface area contributed by atoms with Crippen LogP contribution in [-0.4, -0.2) is 104 Å². The summed E-state index contributed by atoms with van der Waals surface area (Å²) in [7, 11) is 1.79. The molecule has 1 heterocycles. The predicted octanol–water partition coefficient (Wildman–Crippen LogP) is 3.84. The van der Waals surface area contributed by atoms with Crippen molar-refractivity contribution in [3.63, 3.8) is 0 Å². The third-order valence-corrected chi connectivity index (χ3v) is 5.76. The van der Waals surface area contributed by atoms with Gasteiger partial charge in [-0.3, -0.25) is 23.9 Å². The quantitative estimate of drug-likeness (QED) is 0.110. The number of hydrogen-bond acceptors (Lipinski definition) is 12.